The van der Waals surface area contributed by atoms with E-state index in [0.29, 0.717) is 0 Å². The molecule has 0 saturated heterocycles. The fourth-order valence-corrected chi connectivity index (χ4v) is 3.57. The Labute approximate surface area is 124 Å². The number of benzene rings is 2. The first-order chi connectivity index (χ1) is 9.63. The Balaban J connectivity index is 1.65. The topological polar surface area (TPSA) is 35.2 Å². The quantitative estimate of drug-likeness (QED) is 0.684. The number of nitrogen functional groups attached to an aromatic ring is 1. The van der Waals surface area contributed by atoms with Crippen LogP contribution in [0.15, 0.2) is 41.3 Å². The van der Waals surface area contributed by atoms with Crippen molar-refractivity contribution < 1.29 is 4.74 Å². The van der Waals surface area contributed by atoms with Crippen molar-refractivity contribution in [3.8, 4) is 5.75 Å². The van der Waals surface area contributed by atoms with Gasteiger partial charge in [-0.15, -0.1) is 11.8 Å². The summed E-state index contributed by atoms with van der Waals surface area (Å²) in [7, 11) is 0. The molecule has 1 atom stereocenters. The maximum absolute atomic E-state index is 6.00. The number of hydrogen-bond acceptors (Lipinski definition) is 3. The third-order valence-electron chi connectivity index (χ3n) is 3.71. The summed E-state index contributed by atoms with van der Waals surface area (Å²) in [5, 5.41) is 0. The maximum atomic E-state index is 6.00. The van der Waals surface area contributed by atoms with Gasteiger partial charge in [-0.3, -0.25) is 0 Å². The molecule has 2 nitrogen and oxygen atoms in total. The molecule has 1 aliphatic rings. The van der Waals surface area contributed by atoms with Gasteiger partial charge in [-0.2, -0.15) is 0 Å². The van der Waals surface area contributed by atoms with Crippen LogP contribution in [0.25, 0.3) is 0 Å². The second-order valence-corrected chi connectivity index (χ2v) is 6.40. The summed E-state index contributed by atoms with van der Waals surface area (Å²) in [6.07, 6.45) is 1.27. The molecule has 2 N–H and O–H groups in total. The lowest BCUT2D eigenvalue weighted by Crippen LogP contribution is -2.15. The molecule has 0 fully saturated rings. The summed E-state index contributed by atoms with van der Waals surface area (Å²) in [5.74, 6) is 2.00. The number of aryl methyl sites for hydroxylation is 1. The van der Waals surface area contributed by atoms with Gasteiger partial charge in [0.05, 0.1) is 0 Å². The standard InChI is InChI=1S/C17H19NOS/c1-11-6-7-16-13(8-11)9-14(19-16)10-20-17-5-3-4-15(18)12(17)2/h3-8,14H,9-10,18H2,1-2H3. The molecule has 0 spiro atoms. The van der Waals surface area contributed by atoms with Crippen molar-refractivity contribution in [1.29, 1.82) is 0 Å². The predicted molar refractivity (Wildman–Crippen MR) is 85.6 cm³/mol. The monoisotopic (exact) mass is 285 g/mol. The van der Waals surface area contributed by atoms with Gasteiger partial charge >= 0.3 is 0 Å². The molecule has 3 rings (SSSR count). The van der Waals surface area contributed by atoms with Crippen LogP contribution in [0.2, 0.25) is 0 Å². The van der Waals surface area contributed by atoms with Crippen molar-refractivity contribution in [3.05, 3.63) is 53.1 Å². The molecule has 1 heterocycles. The van der Waals surface area contributed by atoms with E-state index in [-0.39, 0.29) is 6.10 Å². The molecular weight excluding hydrogens is 266 g/mol. The number of thioether (sulfide) groups is 1. The number of anilines is 1. The van der Waals surface area contributed by atoms with Crippen LogP contribution in [-0.2, 0) is 6.42 Å². The molecule has 2 aromatic rings. The van der Waals surface area contributed by atoms with E-state index in [1.165, 1.54) is 21.6 Å². The summed E-state index contributed by atoms with van der Waals surface area (Å²) < 4.78 is 6.00. The zero-order valence-electron chi connectivity index (χ0n) is 11.8. The Morgan fingerprint density at radius 2 is 2.10 bits per heavy atom. The van der Waals surface area contributed by atoms with Crippen molar-refractivity contribution in [2.45, 2.75) is 31.3 Å². The number of hydrogen-bond donors (Lipinski definition) is 1. The molecule has 1 aliphatic heterocycles. The van der Waals surface area contributed by atoms with Gasteiger partial charge < -0.3 is 10.5 Å². The highest BCUT2D eigenvalue weighted by molar-refractivity contribution is 7.99. The molecule has 0 saturated carbocycles. The van der Waals surface area contributed by atoms with Crippen molar-refractivity contribution in [2.75, 3.05) is 11.5 Å². The van der Waals surface area contributed by atoms with E-state index < -0.39 is 0 Å². The normalized spacial score (nSPS) is 16.8. The molecular formula is C17H19NOS. The van der Waals surface area contributed by atoms with Crippen molar-refractivity contribution >= 4 is 17.4 Å². The van der Waals surface area contributed by atoms with E-state index in [1.54, 1.807) is 0 Å². The average Bonchev–Trinajstić information content (AvgIpc) is 2.82. The lowest BCUT2D eigenvalue weighted by Gasteiger charge is -2.12. The van der Waals surface area contributed by atoms with Crippen molar-refractivity contribution in [2.24, 2.45) is 0 Å². The number of ether oxygens (including phenoxy) is 1. The maximum Gasteiger partial charge on any atom is 0.123 e. The molecule has 1 unspecified atom stereocenters. The lowest BCUT2D eigenvalue weighted by atomic mass is 10.1. The fraction of sp³-hybridized carbons (Fsp3) is 0.294. The molecule has 0 aromatic heterocycles. The van der Waals surface area contributed by atoms with Crippen LogP contribution < -0.4 is 10.5 Å². The van der Waals surface area contributed by atoms with Crippen LogP contribution in [0.5, 0.6) is 5.75 Å². The summed E-state index contributed by atoms with van der Waals surface area (Å²) in [5.41, 5.74) is 10.6. The molecule has 0 aliphatic carbocycles. The van der Waals surface area contributed by atoms with Crippen LogP contribution in [0.4, 0.5) is 5.69 Å². The van der Waals surface area contributed by atoms with E-state index in [4.69, 9.17) is 10.5 Å². The van der Waals surface area contributed by atoms with E-state index in [2.05, 4.69) is 38.1 Å². The van der Waals surface area contributed by atoms with Gasteiger partial charge in [0.1, 0.15) is 11.9 Å². The Kier molecular flexibility index (Phi) is 3.62. The highest BCUT2D eigenvalue weighted by Gasteiger charge is 2.23. The van der Waals surface area contributed by atoms with Gasteiger partial charge in [0.2, 0.25) is 0 Å². The predicted octanol–water partition coefficient (Wildman–Crippen LogP) is 3.98. The van der Waals surface area contributed by atoms with Gasteiger partial charge in [-0.05, 0) is 43.2 Å². The van der Waals surface area contributed by atoms with Gasteiger partial charge in [-0.1, -0.05) is 23.8 Å². The van der Waals surface area contributed by atoms with Gasteiger partial charge in [-0.25, -0.2) is 0 Å². The van der Waals surface area contributed by atoms with E-state index in [0.717, 1.165) is 23.6 Å². The minimum absolute atomic E-state index is 0.262. The Morgan fingerprint density at radius 3 is 2.95 bits per heavy atom. The van der Waals surface area contributed by atoms with Crippen LogP contribution in [0.3, 0.4) is 0 Å². The molecule has 20 heavy (non-hydrogen) atoms. The molecule has 104 valence electrons. The zero-order chi connectivity index (χ0) is 14.1. The van der Waals surface area contributed by atoms with Gasteiger partial charge in [0, 0.05) is 22.8 Å². The average molecular weight is 285 g/mol. The smallest absolute Gasteiger partial charge is 0.123 e. The summed E-state index contributed by atoms with van der Waals surface area (Å²) >= 11 is 1.83. The summed E-state index contributed by atoms with van der Waals surface area (Å²) in [6.45, 7) is 4.20. The Bertz CT molecular complexity index is 639. The van der Waals surface area contributed by atoms with E-state index >= 15 is 0 Å². The Hall–Kier alpha value is -1.61. The number of rotatable bonds is 3. The molecule has 0 bridgehead atoms. The number of fused-ring (bicyclic) bond motifs is 1. The first-order valence-corrected chi connectivity index (χ1v) is 7.86. The fourth-order valence-electron chi connectivity index (χ4n) is 2.51. The Morgan fingerprint density at radius 1 is 1.25 bits per heavy atom. The first-order valence-electron chi connectivity index (χ1n) is 6.87. The summed E-state index contributed by atoms with van der Waals surface area (Å²) in [6, 6.07) is 12.5. The molecule has 0 radical (unpaired) electrons. The van der Waals surface area contributed by atoms with E-state index in [9.17, 15) is 0 Å². The minimum atomic E-state index is 0.262. The second kappa shape index (κ2) is 5.41. The van der Waals surface area contributed by atoms with Crippen molar-refractivity contribution in [1.82, 2.24) is 0 Å². The highest BCUT2D eigenvalue weighted by atomic mass is 32.2. The van der Waals surface area contributed by atoms with Gasteiger partial charge in [0.25, 0.3) is 0 Å². The zero-order valence-corrected chi connectivity index (χ0v) is 12.7. The van der Waals surface area contributed by atoms with Crippen LogP contribution in [-0.4, -0.2) is 11.9 Å². The molecule has 0 amide bonds. The second-order valence-electron chi connectivity index (χ2n) is 5.34. The third-order valence-corrected chi connectivity index (χ3v) is 5.00. The highest BCUT2D eigenvalue weighted by Crippen LogP contribution is 2.33. The number of nitrogens with two attached hydrogens (primary N) is 1. The van der Waals surface area contributed by atoms with Crippen LogP contribution in [0, 0.1) is 13.8 Å². The molecule has 3 heteroatoms. The lowest BCUT2D eigenvalue weighted by molar-refractivity contribution is 0.259. The summed E-state index contributed by atoms with van der Waals surface area (Å²) in [4.78, 5) is 1.25. The third kappa shape index (κ3) is 2.63. The molecule has 2 aromatic carbocycles. The SMILES string of the molecule is Cc1ccc2c(c1)CC(CSc1cccc(N)c1C)O2. The first kappa shape index (κ1) is 13.4. The largest absolute Gasteiger partial charge is 0.489 e. The van der Waals surface area contributed by atoms with Crippen LogP contribution >= 0.6 is 11.8 Å². The minimum Gasteiger partial charge on any atom is -0.489 e. The van der Waals surface area contributed by atoms with Crippen molar-refractivity contribution in [3.63, 3.8) is 0 Å². The van der Waals surface area contributed by atoms with Crippen LogP contribution in [0.1, 0.15) is 16.7 Å². The van der Waals surface area contributed by atoms with E-state index in [1.807, 2.05) is 23.9 Å². The van der Waals surface area contributed by atoms with Gasteiger partial charge in [0.15, 0.2) is 0 Å².